The Kier molecular flexibility index (Phi) is 8.74. The van der Waals surface area contributed by atoms with Crippen LogP contribution >= 0.6 is 35.6 Å². The van der Waals surface area contributed by atoms with Gasteiger partial charge < -0.3 is 10.2 Å². The van der Waals surface area contributed by atoms with Gasteiger partial charge in [0.15, 0.2) is 5.96 Å². The minimum atomic E-state index is -3.41. The molecule has 0 bridgehead atoms. The molecular weight excluding hydrogens is 523 g/mol. The average Bonchev–Trinajstić information content (AvgIpc) is 3.48. The van der Waals surface area contributed by atoms with Gasteiger partial charge in [0, 0.05) is 38.2 Å². The third kappa shape index (κ3) is 7.13. The lowest BCUT2D eigenvalue weighted by molar-refractivity contribution is 0.476. The Bertz CT molecular complexity index is 930. The van der Waals surface area contributed by atoms with Crippen LogP contribution in [-0.2, 0) is 23.1 Å². The molecule has 9 heteroatoms. The van der Waals surface area contributed by atoms with Gasteiger partial charge in [-0.05, 0) is 48.2 Å². The zero-order valence-corrected chi connectivity index (χ0v) is 20.3. The molecule has 0 aliphatic heterocycles. The molecule has 158 valence electrons. The third-order valence-electron chi connectivity index (χ3n) is 4.49. The summed E-state index contributed by atoms with van der Waals surface area (Å²) in [6.07, 6.45) is 1.84. The van der Waals surface area contributed by atoms with E-state index in [-0.39, 0.29) is 30.0 Å². The summed E-state index contributed by atoms with van der Waals surface area (Å²) in [7, 11) is 0.285. The molecule has 1 fully saturated rings. The van der Waals surface area contributed by atoms with Crippen molar-refractivity contribution in [1.82, 2.24) is 14.9 Å². The quantitative estimate of drug-likeness (QED) is 0.315. The first-order valence-corrected chi connectivity index (χ1v) is 11.0. The van der Waals surface area contributed by atoms with E-state index in [4.69, 9.17) is 11.6 Å². The Hall–Kier alpha value is -1.36. The standard InChI is InChI=1S/C20H25ClN4O2S.HI/c1-22-20(25(2)14-16-3-7-17(21)8-4-16)23-13-15-5-11-19(12-6-15)28(26,27)24-18-9-10-18;/h3-8,11-12,18,24H,9-10,13-14H2,1-2H3,(H,22,23);1H. The highest BCUT2D eigenvalue weighted by atomic mass is 127. The molecule has 0 heterocycles. The Morgan fingerprint density at radius 2 is 1.69 bits per heavy atom. The Balaban J connectivity index is 0.00000300. The molecule has 2 aromatic rings. The number of rotatable bonds is 7. The number of nitrogens with one attached hydrogen (secondary N) is 2. The van der Waals surface area contributed by atoms with Crippen molar-refractivity contribution in [2.24, 2.45) is 4.99 Å². The number of aliphatic imine (C=N–C) groups is 1. The maximum Gasteiger partial charge on any atom is 0.240 e. The van der Waals surface area contributed by atoms with Crippen LogP contribution in [0.15, 0.2) is 58.4 Å². The second-order valence-corrected chi connectivity index (χ2v) is 9.07. The second kappa shape index (κ2) is 10.6. The van der Waals surface area contributed by atoms with Gasteiger partial charge in [0.1, 0.15) is 0 Å². The zero-order chi connectivity index (χ0) is 20.1. The summed E-state index contributed by atoms with van der Waals surface area (Å²) >= 11 is 5.93. The van der Waals surface area contributed by atoms with Crippen molar-refractivity contribution in [2.45, 2.75) is 36.9 Å². The number of hydrogen-bond acceptors (Lipinski definition) is 3. The first-order valence-electron chi connectivity index (χ1n) is 9.15. The van der Waals surface area contributed by atoms with Crippen LogP contribution in [0.25, 0.3) is 0 Å². The molecule has 1 saturated carbocycles. The fourth-order valence-corrected chi connectivity index (χ4v) is 4.21. The third-order valence-corrected chi connectivity index (χ3v) is 6.28. The summed E-state index contributed by atoms with van der Waals surface area (Å²) in [5.74, 6) is 0.752. The van der Waals surface area contributed by atoms with E-state index in [1.54, 1.807) is 19.2 Å². The van der Waals surface area contributed by atoms with Gasteiger partial charge >= 0.3 is 0 Å². The number of guanidine groups is 1. The fraction of sp³-hybridized carbons (Fsp3) is 0.350. The molecule has 0 spiro atoms. The van der Waals surface area contributed by atoms with Crippen LogP contribution in [0.5, 0.6) is 0 Å². The highest BCUT2D eigenvalue weighted by Crippen LogP contribution is 2.22. The minimum Gasteiger partial charge on any atom is -0.352 e. The molecule has 29 heavy (non-hydrogen) atoms. The maximum atomic E-state index is 12.2. The molecule has 0 saturated heterocycles. The van der Waals surface area contributed by atoms with E-state index in [2.05, 4.69) is 15.0 Å². The smallest absolute Gasteiger partial charge is 0.240 e. The molecule has 1 aliphatic carbocycles. The van der Waals surface area contributed by atoms with Crippen LogP contribution in [0.1, 0.15) is 24.0 Å². The molecule has 2 aromatic carbocycles. The lowest BCUT2D eigenvalue weighted by Crippen LogP contribution is -2.38. The molecule has 0 radical (unpaired) electrons. The van der Waals surface area contributed by atoms with E-state index < -0.39 is 10.0 Å². The van der Waals surface area contributed by atoms with Crippen LogP contribution in [0.4, 0.5) is 0 Å². The van der Waals surface area contributed by atoms with Crippen molar-refractivity contribution in [2.75, 3.05) is 14.1 Å². The Morgan fingerprint density at radius 1 is 1.10 bits per heavy atom. The summed E-state index contributed by atoms with van der Waals surface area (Å²) in [5.41, 5.74) is 2.11. The Labute approximate surface area is 194 Å². The van der Waals surface area contributed by atoms with Gasteiger partial charge in [0.25, 0.3) is 0 Å². The Morgan fingerprint density at radius 3 is 2.24 bits per heavy atom. The lowest BCUT2D eigenvalue weighted by Gasteiger charge is -2.22. The zero-order valence-electron chi connectivity index (χ0n) is 16.4. The van der Waals surface area contributed by atoms with E-state index in [0.29, 0.717) is 23.0 Å². The van der Waals surface area contributed by atoms with Gasteiger partial charge in [0.2, 0.25) is 10.0 Å². The predicted molar refractivity (Wildman–Crippen MR) is 128 cm³/mol. The van der Waals surface area contributed by atoms with E-state index in [0.717, 1.165) is 29.9 Å². The normalized spacial score (nSPS) is 14.2. The largest absolute Gasteiger partial charge is 0.352 e. The number of sulfonamides is 1. The van der Waals surface area contributed by atoms with Crippen LogP contribution in [-0.4, -0.2) is 39.4 Å². The summed E-state index contributed by atoms with van der Waals surface area (Å²) in [4.78, 5) is 6.63. The first kappa shape index (κ1) is 23.9. The molecule has 0 unspecified atom stereocenters. The SMILES string of the molecule is CN=C(NCc1ccc(S(=O)(=O)NC2CC2)cc1)N(C)Cc1ccc(Cl)cc1.I. The van der Waals surface area contributed by atoms with Crippen molar-refractivity contribution in [3.8, 4) is 0 Å². The highest BCUT2D eigenvalue weighted by molar-refractivity contribution is 14.0. The molecule has 3 rings (SSSR count). The molecule has 6 nitrogen and oxygen atoms in total. The van der Waals surface area contributed by atoms with Crippen molar-refractivity contribution >= 4 is 51.6 Å². The topological polar surface area (TPSA) is 73.8 Å². The molecule has 0 amide bonds. The van der Waals surface area contributed by atoms with Gasteiger partial charge in [-0.3, -0.25) is 4.99 Å². The number of hydrogen-bond donors (Lipinski definition) is 2. The number of halogens is 2. The summed E-state index contributed by atoms with van der Waals surface area (Å²) in [5, 5.41) is 4.02. The molecule has 1 aliphatic rings. The first-order chi connectivity index (χ1) is 13.4. The van der Waals surface area contributed by atoms with E-state index in [1.165, 1.54) is 0 Å². The van der Waals surface area contributed by atoms with Gasteiger partial charge in [0.05, 0.1) is 4.90 Å². The van der Waals surface area contributed by atoms with Gasteiger partial charge in [-0.2, -0.15) is 0 Å². The minimum absolute atomic E-state index is 0. The van der Waals surface area contributed by atoms with Crippen molar-refractivity contribution in [3.05, 3.63) is 64.7 Å². The van der Waals surface area contributed by atoms with Crippen LogP contribution in [0.2, 0.25) is 5.02 Å². The lowest BCUT2D eigenvalue weighted by atomic mass is 10.2. The molecular formula is C20H26ClIN4O2S. The van der Waals surface area contributed by atoms with Gasteiger partial charge in [-0.15, -0.1) is 24.0 Å². The van der Waals surface area contributed by atoms with Crippen molar-refractivity contribution in [1.29, 1.82) is 0 Å². The monoisotopic (exact) mass is 548 g/mol. The van der Waals surface area contributed by atoms with E-state index in [1.807, 2.05) is 48.3 Å². The summed E-state index contributed by atoms with van der Waals surface area (Å²) in [6.45, 7) is 1.24. The van der Waals surface area contributed by atoms with Crippen molar-refractivity contribution in [3.63, 3.8) is 0 Å². The van der Waals surface area contributed by atoms with Crippen LogP contribution < -0.4 is 10.0 Å². The van der Waals surface area contributed by atoms with Gasteiger partial charge in [-0.1, -0.05) is 35.9 Å². The fourth-order valence-electron chi connectivity index (χ4n) is 2.78. The summed E-state index contributed by atoms with van der Waals surface area (Å²) in [6, 6.07) is 14.7. The molecule has 0 aromatic heterocycles. The molecule has 2 N–H and O–H groups in total. The van der Waals surface area contributed by atoms with Gasteiger partial charge in [-0.25, -0.2) is 13.1 Å². The second-order valence-electron chi connectivity index (χ2n) is 6.92. The number of nitrogens with zero attached hydrogens (tertiary/aromatic N) is 2. The summed E-state index contributed by atoms with van der Waals surface area (Å²) < 4.78 is 27.1. The average molecular weight is 549 g/mol. The maximum absolute atomic E-state index is 12.2. The molecule has 0 atom stereocenters. The van der Waals surface area contributed by atoms with E-state index >= 15 is 0 Å². The van der Waals surface area contributed by atoms with Crippen molar-refractivity contribution < 1.29 is 8.42 Å². The number of benzene rings is 2. The van der Waals surface area contributed by atoms with Crippen LogP contribution in [0, 0.1) is 0 Å². The van der Waals surface area contributed by atoms with E-state index in [9.17, 15) is 8.42 Å². The highest BCUT2D eigenvalue weighted by Gasteiger charge is 2.27. The predicted octanol–water partition coefficient (Wildman–Crippen LogP) is 3.61. The van der Waals surface area contributed by atoms with Crippen LogP contribution in [0.3, 0.4) is 0 Å².